The molecule has 0 bridgehead atoms. The molecule has 1 amide bonds. The van der Waals surface area contributed by atoms with Crippen molar-refractivity contribution in [1.29, 1.82) is 0 Å². The zero-order valence-corrected chi connectivity index (χ0v) is 21.5. The molecule has 12 heteroatoms. The van der Waals surface area contributed by atoms with E-state index in [1.807, 2.05) is 56.4 Å². The van der Waals surface area contributed by atoms with Crippen LogP contribution in [0, 0.1) is 6.92 Å². The van der Waals surface area contributed by atoms with Crippen LogP contribution < -0.4 is 10.1 Å². The highest BCUT2D eigenvalue weighted by atomic mass is 32.2. The molecule has 4 rings (SSSR count). The van der Waals surface area contributed by atoms with Crippen LogP contribution in [0.25, 0.3) is 0 Å². The molecule has 0 aliphatic rings. The van der Waals surface area contributed by atoms with E-state index in [1.165, 1.54) is 34.9 Å². The summed E-state index contributed by atoms with van der Waals surface area (Å²) in [5.74, 6) is 1.63. The Morgan fingerprint density at radius 1 is 0.971 bits per heavy atom. The van der Waals surface area contributed by atoms with Crippen molar-refractivity contribution >= 4 is 51.7 Å². The van der Waals surface area contributed by atoms with Crippen LogP contribution in [0.4, 0.5) is 5.13 Å². The van der Waals surface area contributed by atoms with Gasteiger partial charge in [0.1, 0.15) is 12.4 Å². The van der Waals surface area contributed by atoms with Gasteiger partial charge in [0.25, 0.3) is 0 Å². The van der Waals surface area contributed by atoms with Crippen LogP contribution in [0.3, 0.4) is 0 Å². The van der Waals surface area contributed by atoms with Gasteiger partial charge in [-0.15, -0.1) is 20.4 Å². The van der Waals surface area contributed by atoms with Crippen molar-refractivity contribution in [3.05, 3.63) is 71.5 Å². The second-order valence-electron chi connectivity index (χ2n) is 7.30. The molecule has 4 aromatic rings. The van der Waals surface area contributed by atoms with Gasteiger partial charge in [-0.3, -0.25) is 14.9 Å². The van der Waals surface area contributed by atoms with E-state index in [-0.39, 0.29) is 29.8 Å². The second-order valence-corrected chi connectivity index (χ2v) is 10.4. The maximum Gasteiger partial charge on any atom is 0.236 e. The summed E-state index contributed by atoms with van der Waals surface area (Å²) in [6.45, 7) is 2.26. The smallest absolute Gasteiger partial charge is 0.236 e. The van der Waals surface area contributed by atoms with Crippen molar-refractivity contribution in [3.63, 3.8) is 0 Å². The molecule has 0 unspecified atom stereocenters. The fourth-order valence-electron chi connectivity index (χ4n) is 2.90. The summed E-state index contributed by atoms with van der Waals surface area (Å²) in [6.07, 6.45) is 0. The van der Waals surface area contributed by atoms with Crippen molar-refractivity contribution in [1.82, 2.24) is 25.0 Å². The van der Waals surface area contributed by atoms with Crippen LogP contribution in [0.2, 0.25) is 0 Å². The molecule has 0 fully saturated rings. The Hall–Kier alpha value is -3.22. The van der Waals surface area contributed by atoms with Gasteiger partial charge in [0.2, 0.25) is 11.0 Å². The average Bonchev–Trinajstić information content (AvgIpc) is 3.47. The lowest BCUT2D eigenvalue weighted by molar-refractivity contribution is -0.113. The van der Waals surface area contributed by atoms with Crippen LogP contribution >= 0.6 is 34.9 Å². The lowest BCUT2D eigenvalue weighted by Crippen LogP contribution is -2.14. The molecule has 35 heavy (non-hydrogen) atoms. The molecular weight excluding hydrogens is 504 g/mol. The number of thioether (sulfide) groups is 2. The van der Waals surface area contributed by atoms with E-state index in [4.69, 9.17) is 4.74 Å². The standard InChI is InChI=1S/C23H22N6O3S3/c1-15-8-6-7-11-18(15)32-12-19-25-27-22(29(19)2)33-14-20(31)24-21-26-28-23(35-21)34-13-17(30)16-9-4-3-5-10-16/h3-11H,12-14H2,1-2H3,(H,24,26,31). The van der Waals surface area contributed by atoms with Crippen molar-refractivity contribution in [3.8, 4) is 5.75 Å². The number of aryl methyl sites for hydroxylation is 1. The van der Waals surface area contributed by atoms with E-state index in [0.29, 0.717) is 26.0 Å². The van der Waals surface area contributed by atoms with Gasteiger partial charge in [-0.1, -0.05) is 83.4 Å². The SMILES string of the molecule is Cc1ccccc1OCc1nnc(SCC(=O)Nc2nnc(SCC(=O)c3ccccc3)s2)n1C. The Kier molecular flexibility index (Phi) is 8.50. The van der Waals surface area contributed by atoms with Crippen LogP contribution in [-0.4, -0.2) is 48.2 Å². The molecule has 2 aromatic heterocycles. The molecule has 2 aromatic carbocycles. The number of ketones is 1. The number of rotatable bonds is 11. The summed E-state index contributed by atoms with van der Waals surface area (Å²) in [5, 5.41) is 20.1. The first-order valence-corrected chi connectivity index (χ1v) is 13.3. The molecule has 0 radical (unpaired) electrons. The molecule has 2 heterocycles. The number of aromatic nitrogens is 5. The number of nitrogens with one attached hydrogen (secondary N) is 1. The molecule has 9 nitrogen and oxygen atoms in total. The molecule has 0 aliphatic carbocycles. The third kappa shape index (κ3) is 6.90. The van der Waals surface area contributed by atoms with Gasteiger partial charge in [-0.25, -0.2) is 0 Å². The zero-order chi connectivity index (χ0) is 24.6. The first kappa shape index (κ1) is 24.9. The Labute approximate surface area is 214 Å². The number of anilines is 1. The van der Waals surface area contributed by atoms with Gasteiger partial charge < -0.3 is 9.30 Å². The first-order valence-electron chi connectivity index (χ1n) is 10.5. The van der Waals surface area contributed by atoms with E-state index >= 15 is 0 Å². The predicted octanol–water partition coefficient (Wildman–Crippen LogP) is 4.26. The summed E-state index contributed by atoms with van der Waals surface area (Å²) in [7, 11) is 1.84. The first-order chi connectivity index (χ1) is 17.0. The monoisotopic (exact) mass is 526 g/mol. The van der Waals surface area contributed by atoms with Gasteiger partial charge in [0.15, 0.2) is 21.1 Å². The topological polar surface area (TPSA) is 112 Å². The number of ether oxygens (including phenoxy) is 1. The minimum Gasteiger partial charge on any atom is -0.485 e. The summed E-state index contributed by atoms with van der Waals surface area (Å²) in [6, 6.07) is 16.9. The highest BCUT2D eigenvalue weighted by Gasteiger charge is 2.15. The number of carbonyl (C=O) groups excluding carboxylic acids is 2. The third-order valence-corrected chi connectivity index (χ3v) is 7.78. The third-order valence-electron chi connectivity index (χ3n) is 4.78. The number of Topliss-reactive ketones (excluding diaryl/α,β-unsaturated/α-hetero) is 1. The van der Waals surface area contributed by atoms with Gasteiger partial charge in [0.05, 0.1) is 11.5 Å². The molecule has 0 spiro atoms. The Balaban J connectivity index is 1.23. The molecule has 180 valence electrons. The summed E-state index contributed by atoms with van der Waals surface area (Å²) >= 11 is 3.79. The van der Waals surface area contributed by atoms with Crippen LogP contribution in [-0.2, 0) is 18.4 Å². The van der Waals surface area contributed by atoms with E-state index < -0.39 is 0 Å². The number of nitrogens with zero attached hydrogens (tertiary/aromatic N) is 5. The van der Waals surface area contributed by atoms with Gasteiger partial charge >= 0.3 is 0 Å². The van der Waals surface area contributed by atoms with E-state index in [2.05, 4.69) is 25.7 Å². The van der Waals surface area contributed by atoms with E-state index in [9.17, 15) is 9.59 Å². The number of para-hydroxylation sites is 1. The molecular formula is C23H22N6O3S3. The Morgan fingerprint density at radius 2 is 1.74 bits per heavy atom. The van der Waals surface area contributed by atoms with Crippen molar-refractivity contribution in [2.24, 2.45) is 7.05 Å². The molecule has 0 saturated heterocycles. The highest BCUT2D eigenvalue weighted by molar-refractivity contribution is 8.01. The second kappa shape index (κ2) is 12.0. The Bertz CT molecular complexity index is 1310. The van der Waals surface area contributed by atoms with E-state index in [0.717, 1.165) is 11.3 Å². The fraction of sp³-hybridized carbons (Fsp3) is 0.217. The van der Waals surface area contributed by atoms with Crippen LogP contribution in [0.1, 0.15) is 21.7 Å². The van der Waals surface area contributed by atoms with Crippen molar-refractivity contribution in [2.75, 3.05) is 16.8 Å². The van der Waals surface area contributed by atoms with Gasteiger partial charge in [0, 0.05) is 12.6 Å². The van der Waals surface area contributed by atoms with Gasteiger partial charge in [-0.05, 0) is 18.6 Å². The quantitative estimate of drug-likeness (QED) is 0.174. The number of carbonyl (C=O) groups is 2. The van der Waals surface area contributed by atoms with E-state index in [1.54, 1.807) is 16.7 Å². The molecule has 0 atom stereocenters. The number of hydrogen-bond donors (Lipinski definition) is 1. The summed E-state index contributed by atoms with van der Waals surface area (Å²) < 4.78 is 8.25. The van der Waals surface area contributed by atoms with Gasteiger partial charge in [-0.2, -0.15) is 0 Å². The largest absolute Gasteiger partial charge is 0.485 e. The molecule has 0 aliphatic heterocycles. The predicted molar refractivity (Wildman–Crippen MR) is 137 cm³/mol. The Morgan fingerprint density at radius 3 is 2.54 bits per heavy atom. The lowest BCUT2D eigenvalue weighted by atomic mass is 10.2. The average molecular weight is 527 g/mol. The van der Waals surface area contributed by atoms with Crippen molar-refractivity contribution < 1.29 is 14.3 Å². The molecule has 1 N–H and O–H groups in total. The summed E-state index contributed by atoms with van der Waals surface area (Å²) in [5.41, 5.74) is 1.70. The lowest BCUT2D eigenvalue weighted by Gasteiger charge is -2.08. The number of amides is 1. The minimum atomic E-state index is -0.233. The zero-order valence-electron chi connectivity index (χ0n) is 19.0. The molecule has 0 saturated carbocycles. The van der Waals surface area contributed by atoms with Crippen LogP contribution in [0.5, 0.6) is 5.75 Å². The minimum absolute atomic E-state index is 0.0140. The van der Waals surface area contributed by atoms with Crippen LogP contribution in [0.15, 0.2) is 64.1 Å². The van der Waals surface area contributed by atoms with Crippen molar-refractivity contribution in [2.45, 2.75) is 23.0 Å². The normalized spacial score (nSPS) is 10.8. The maximum atomic E-state index is 12.4. The summed E-state index contributed by atoms with van der Waals surface area (Å²) in [4.78, 5) is 24.6. The fourth-order valence-corrected chi connectivity index (χ4v) is 5.29. The highest BCUT2D eigenvalue weighted by Crippen LogP contribution is 2.26. The number of benzene rings is 2. The maximum absolute atomic E-state index is 12.4. The number of hydrogen-bond acceptors (Lipinski definition) is 10.